The van der Waals surface area contributed by atoms with Gasteiger partial charge in [-0.2, -0.15) is 17.0 Å². The fourth-order valence-corrected chi connectivity index (χ4v) is 3.80. The monoisotopic (exact) mass is 278 g/mol. The molecule has 8 heteroatoms. The Labute approximate surface area is 106 Å². The molecule has 0 unspecified atom stereocenters. The first-order valence-corrected chi connectivity index (χ1v) is 7.48. The van der Waals surface area contributed by atoms with E-state index in [4.69, 9.17) is 9.84 Å². The molecule has 0 aromatic heterocycles. The Morgan fingerprint density at radius 1 is 1.33 bits per heavy atom. The number of hydrogen-bond acceptors (Lipinski definition) is 4. The zero-order valence-corrected chi connectivity index (χ0v) is 10.9. The van der Waals surface area contributed by atoms with E-state index in [2.05, 4.69) is 0 Å². The highest BCUT2D eigenvalue weighted by Crippen LogP contribution is 2.30. The predicted octanol–water partition coefficient (Wildman–Crippen LogP) is -0.497. The number of aliphatic carboxylic acids is 1. The van der Waals surface area contributed by atoms with E-state index in [1.54, 1.807) is 0 Å². The molecule has 0 aromatic rings. The van der Waals surface area contributed by atoms with E-state index in [9.17, 15) is 13.2 Å². The molecule has 1 aliphatic heterocycles. The van der Waals surface area contributed by atoms with Gasteiger partial charge in [-0.15, -0.1) is 0 Å². The van der Waals surface area contributed by atoms with Crippen molar-refractivity contribution in [2.75, 3.05) is 32.8 Å². The number of ether oxygens (including phenoxy) is 1. The number of hydrogen-bond donors (Lipinski definition) is 1. The molecule has 0 aromatic carbocycles. The number of rotatable bonds is 6. The summed E-state index contributed by atoms with van der Waals surface area (Å²) in [5, 5.41) is 8.69. The van der Waals surface area contributed by atoms with Crippen LogP contribution in [0, 0.1) is 0 Å². The Bertz CT molecular complexity index is 400. The lowest BCUT2D eigenvalue weighted by Crippen LogP contribution is -2.49. The maximum absolute atomic E-state index is 12.4. The maximum atomic E-state index is 12.4. The summed E-state index contributed by atoms with van der Waals surface area (Å²) in [6.07, 6.45) is 1.49. The molecule has 0 spiro atoms. The summed E-state index contributed by atoms with van der Waals surface area (Å²) in [7, 11) is -3.53. The molecule has 2 fully saturated rings. The summed E-state index contributed by atoms with van der Waals surface area (Å²) in [4.78, 5) is 10.6. The summed E-state index contributed by atoms with van der Waals surface area (Å²) in [6.45, 7) is 1.55. The molecular formula is C10H18N2O5S. The van der Waals surface area contributed by atoms with E-state index < -0.39 is 16.2 Å². The van der Waals surface area contributed by atoms with Crippen molar-refractivity contribution >= 4 is 16.2 Å². The fourth-order valence-electron chi connectivity index (χ4n) is 1.98. The van der Waals surface area contributed by atoms with Gasteiger partial charge in [-0.3, -0.25) is 4.79 Å². The molecule has 2 rings (SSSR count). The van der Waals surface area contributed by atoms with Gasteiger partial charge in [0.1, 0.15) is 0 Å². The number of carboxylic acids is 1. The van der Waals surface area contributed by atoms with Gasteiger partial charge in [-0.25, -0.2) is 0 Å². The number of nitrogens with zero attached hydrogens (tertiary/aromatic N) is 2. The topological polar surface area (TPSA) is 87.2 Å². The summed E-state index contributed by atoms with van der Waals surface area (Å²) >= 11 is 0. The van der Waals surface area contributed by atoms with E-state index in [0.29, 0.717) is 26.3 Å². The molecule has 0 atom stereocenters. The van der Waals surface area contributed by atoms with Crippen LogP contribution in [0.3, 0.4) is 0 Å². The molecule has 104 valence electrons. The second-order valence-electron chi connectivity index (χ2n) is 4.50. The third-order valence-electron chi connectivity index (χ3n) is 3.09. The van der Waals surface area contributed by atoms with E-state index >= 15 is 0 Å². The van der Waals surface area contributed by atoms with E-state index in [1.165, 1.54) is 8.61 Å². The SMILES string of the molecule is O=C(O)CCN(C1CC1)S(=O)(=O)N1CCOCC1. The predicted molar refractivity (Wildman–Crippen MR) is 63.3 cm³/mol. The molecule has 18 heavy (non-hydrogen) atoms. The van der Waals surface area contributed by atoms with Gasteiger partial charge >= 0.3 is 5.97 Å². The van der Waals surface area contributed by atoms with Crippen LogP contribution in [0.15, 0.2) is 0 Å². The lowest BCUT2D eigenvalue weighted by atomic mass is 10.4. The van der Waals surface area contributed by atoms with Crippen LogP contribution in [0.5, 0.6) is 0 Å². The van der Waals surface area contributed by atoms with E-state index in [-0.39, 0.29) is 19.0 Å². The molecule has 0 radical (unpaired) electrons. The van der Waals surface area contributed by atoms with Crippen molar-refractivity contribution in [2.24, 2.45) is 0 Å². The molecule has 1 saturated carbocycles. The third kappa shape index (κ3) is 3.19. The quantitative estimate of drug-likeness (QED) is 0.708. The van der Waals surface area contributed by atoms with E-state index in [0.717, 1.165) is 12.8 Å². The summed E-state index contributed by atoms with van der Waals surface area (Å²) in [5.41, 5.74) is 0. The Hall–Kier alpha value is -0.700. The van der Waals surface area contributed by atoms with Crippen LogP contribution in [0.25, 0.3) is 0 Å². The number of carbonyl (C=O) groups is 1. The molecule has 1 saturated heterocycles. The molecule has 1 heterocycles. The Balaban J connectivity index is 2.05. The molecule has 0 bridgehead atoms. The average molecular weight is 278 g/mol. The van der Waals surface area contributed by atoms with Gasteiger partial charge in [0.05, 0.1) is 19.6 Å². The lowest BCUT2D eigenvalue weighted by molar-refractivity contribution is -0.137. The molecule has 2 aliphatic rings. The minimum absolute atomic E-state index is 0.0165. The van der Waals surface area contributed by atoms with E-state index in [1.807, 2.05) is 0 Å². The van der Waals surface area contributed by atoms with Crippen molar-refractivity contribution in [1.29, 1.82) is 0 Å². The van der Waals surface area contributed by atoms with Crippen LogP contribution in [0.4, 0.5) is 0 Å². The van der Waals surface area contributed by atoms with Crippen LogP contribution in [-0.4, -0.2) is 67.0 Å². The zero-order chi connectivity index (χ0) is 13.2. The van der Waals surface area contributed by atoms with Gasteiger partial charge in [0.2, 0.25) is 0 Å². The molecule has 0 amide bonds. The Morgan fingerprint density at radius 2 is 1.94 bits per heavy atom. The van der Waals surface area contributed by atoms with Crippen molar-refractivity contribution in [1.82, 2.24) is 8.61 Å². The van der Waals surface area contributed by atoms with Crippen LogP contribution in [0.2, 0.25) is 0 Å². The normalized spacial score (nSPS) is 22.3. The average Bonchev–Trinajstić information content (AvgIpc) is 3.14. The van der Waals surface area contributed by atoms with Crippen LogP contribution in [-0.2, 0) is 19.7 Å². The van der Waals surface area contributed by atoms with Gasteiger partial charge in [-0.05, 0) is 12.8 Å². The summed E-state index contributed by atoms with van der Waals surface area (Å²) < 4.78 is 32.6. The largest absolute Gasteiger partial charge is 0.481 e. The summed E-state index contributed by atoms with van der Waals surface area (Å²) in [6, 6.07) is -0.0165. The molecule has 7 nitrogen and oxygen atoms in total. The Morgan fingerprint density at radius 3 is 2.44 bits per heavy atom. The van der Waals surface area contributed by atoms with Gasteiger partial charge in [0.15, 0.2) is 0 Å². The van der Waals surface area contributed by atoms with Crippen LogP contribution in [0.1, 0.15) is 19.3 Å². The van der Waals surface area contributed by atoms with Crippen LogP contribution < -0.4 is 0 Å². The minimum atomic E-state index is -3.53. The first-order valence-electron chi connectivity index (χ1n) is 6.08. The Kier molecular flexibility index (Phi) is 4.21. The highest BCUT2D eigenvalue weighted by Gasteiger charge is 2.40. The molecule has 1 N–H and O–H groups in total. The third-order valence-corrected chi connectivity index (χ3v) is 5.18. The molecule has 1 aliphatic carbocycles. The van der Waals surface area contributed by atoms with Crippen LogP contribution >= 0.6 is 0 Å². The second-order valence-corrected chi connectivity index (χ2v) is 6.39. The standard InChI is InChI=1S/C10H18N2O5S/c13-10(14)3-4-12(9-1-2-9)18(15,16)11-5-7-17-8-6-11/h9H,1-8H2,(H,13,14). The summed E-state index contributed by atoms with van der Waals surface area (Å²) in [5.74, 6) is -0.974. The minimum Gasteiger partial charge on any atom is -0.481 e. The number of morpholine rings is 1. The van der Waals surface area contributed by atoms with Crippen molar-refractivity contribution in [2.45, 2.75) is 25.3 Å². The number of carboxylic acid groups (broad SMARTS) is 1. The zero-order valence-electron chi connectivity index (χ0n) is 10.1. The highest BCUT2D eigenvalue weighted by atomic mass is 32.2. The first kappa shape index (κ1) is 13.7. The first-order chi connectivity index (χ1) is 8.51. The van der Waals surface area contributed by atoms with Gasteiger partial charge in [0.25, 0.3) is 10.2 Å². The van der Waals surface area contributed by atoms with Gasteiger partial charge in [-0.1, -0.05) is 0 Å². The van der Waals surface area contributed by atoms with Gasteiger partial charge in [0, 0.05) is 25.7 Å². The maximum Gasteiger partial charge on any atom is 0.304 e. The van der Waals surface area contributed by atoms with Gasteiger partial charge < -0.3 is 9.84 Å². The smallest absolute Gasteiger partial charge is 0.304 e. The van der Waals surface area contributed by atoms with Crippen molar-refractivity contribution in [3.05, 3.63) is 0 Å². The highest BCUT2D eigenvalue weighted by molar-refractivity contribution is 7.86. The van der Waals surface area contributed by atoms with Crippen molar-refractivity contribution in [3.63, 3.8) is 0 Å². The fraction of sp³-hybridized carbons (Fsp3) is 0.900. The van der Waals surface area contributed by atoms with Crippen molar-refractivity contribution in [3.8, 4) is 0 Å². The lowest BCUT2D eigenvalue weighted by Gasteiger charge is -2.31. The molecular weight excluding hydrogens is 260 g/mol. The second kappa shape index (κ2) is 5.52. The van der Waals surface area contributed by atoms with Crippen molar-refractivity contribution < 1.29 is 23.1 Å².